The number of carbonyl (C=O) groups excluding carboxylic acids is 3. The van der Waals surface area contributed by atoms with Crippen molar-refractivity contribution in [2.45, 2.75) is 40.3 Å². The van der Waals surface area contributed by atoms with Gasteiger partial charge in [0, 0.05) is 56.8 Å². The van der Waals surface area contributed by atoms with Crippen molar-refractivity contribution in [3.8, 4) is 0 Å². The number of nitrogens with one attached hydrogen (secondary N) is 1. The maximum absolute atomic E-state index is 13.0. The Morgan fingerprint density at radius 1 is 1.15 bits per heavy atom. The summed E-state index contributed by atoms with van der Waals surface area (Å²) >= 11 is 0. The number of amides is 3. The standard InChI is InChI=1S/C22H31N7O4/c1-5-28-14-18(13-23-28)7-8-20(30)24-19-15-29(25-16(19)3)17(4)21(31)26-9-11-27(12-10-26)22(32)33-6-2/h7-8,13-15,17H,5-6,9-12H2,1-4H3,(H,24,30)/b8-7+. The number of aromatic nitrogens is 4. The predicted molar refractivity (Wildman–Crippen MR) is 122 cm³/mol. The van der Waals surface area contributed by atoms with Gasteiger partial charge >= 0.3 is 6.09 Å². The number of nitrogens with zero attached hydrogens (tertiary/aromatic N) is 6. The van der Waals surface area contributed by atoms with Crippen molar-refractivity contribution in [3.05, 3.63) is 35.9 Å². The highest BCUT2D eigenvalue weighted by molar-refractivity contribution is 6.02. The number of piperazine rings is 1. The molecular formula is C22H31N7O4. The van der Waals surface area contributed by atoms with Crippen LogP contribution in [0.3, 0.4) is 0 Å². The molecule has 178 valence electrons. The zero-order valence-corrected chi connectivity index (χ0v) is 19.5. The fraction of sp³-hybridized carbons (Fsp3) is 0.500. The van der Waals surface area contributed by atoms with Crippen LogP contribution in [0.1, 0.15) is 38.1 Å². The highest BCUT2D eigenvalue weighted by Crippen LogP contribution is 2.19. The number of rotatable bonds is 7. The molecule has 1 unspecified atom stereocenters. The Kier molecular flexibility index (Phi) is 7.86. The molecule has 0 spiro atoms. The van der Waals surface area contributed by atoms with Crippen LogP contribution in [0.15, 0.2) is 24.7 Å². The Bertz CT molecular complexity index is 1020. The average molecular weight is 458 g/mol. The van der Waals surface area contributed by atoms with E-state index < -0.39 is 6.04 Å². The number of hydrogen-bond acceptors (Lipinski definition) is 6. The van der Waals surface area contributed by atoms with Gasteiger partial charge in [-0.05, 0) is 33.8 Å². The van der Waals surface area contributed by atoms with Crippen LogP contribution in [0.5, 0.6) is 0 Å². The maximum Gasteiger partial charge on any atom is 0.409 e. The normalized spacial score (nSPS) is 15.0. The highest BCUT2D eigenvalue weighted by Gasteiger charge is 2.28. The second-order valence-corrected chi connectivity index (χ2v) is 7.75. The van der Waals surface area contributed by atoms with Crippen molar-refractivity contribution in [3.63, 3.8) is 0 Å². The number of carbonyl (C=O) groups is 3. The van der Waals surface area contributed by atoms with Gasteiger partial charge < -0.3 is 19.9 Å². The molecule has 1 atom stereocenters. The summed E-state index contributed by atoms with van der Waals surface area (Å²) in [4.78, 5) is 40.4. The van der Waals surface area contributed by atoms with E-state index >= 15 is 0 Å². The van der Waals surface area contributed by atoms with E-state index in [1.54, 1.807) is 58.4 Å². The molecule has 2 aromatic rings. The van der Waals surface area contributed by atoms with Crippen molar-refractivity contribution in [1.82, 2.24) is 29.4 Å². The zero-order chi connectivity index (χ0) is 24.0. The van der Waals surface area contributed by atoms with Gasteiger partial charge in [0.15, 0.2) is 0 Å². The molecule has 3 rings (SSSR count). The largest absolute Gasteiger partial charge is 0.450 e. The summed E-state index contributed by atoms with van der Waals surface area (Å²) in [6.45, 7) is 10.1. The second-order valence-electron chi connectivity index (χ2n) is 7.75. The van der Waals surface area contributed by atoms with Crippen LogP contribution in [0.2, 0.25) is 0 Å². The van der Waals surface area contributed by atoms with Gasteiger partial charge in [0.05, 0.1) is 24.2 Å². The highest BCUT2D eigenvalue weighted by atomic mass is 16.6. The van der Waals surface area contributed by atoms with E-state index in [2.05, 4.69) is 15.5 Å². The van der Waals surface area contributed by atoms with E-state index in [1.165, 1.54) is 6.08 Å². The van der Waals surface area contributed by atoms with E-state index in [0.717, 1.165) is 12.1 Å². The van der Waals surface area contributed by atoms with E-state index in [0.29, 0.717) is 44.2 Å². The van der Waals surface area contributed by atoms with E-state index in [-0.39, 0.29) is 17.9 Å². The quantitative estimate of drug-likeness (QED) is 0.636. The SMILES string of the molecule is CCOC(=O)N1CCN(C(=O)C(C)n2cc(NC(=O)/C=C/c3cnn(CC)c3)c(C)n2)CC1. The van der Waals surface area contributed by atoms with Gasteiger partial charge in [-0.1, -0.05) is 0 Å². The molecule has 1 N–H and O–H groups in total. The Hall–Kier alpha value is -3.63. The minimum atomic E-state index is -0.543. The summed E-state index contributed by atoms with van der Waals surface area (Å²) in [6.07, 6.45) is 7.98. The summed E-state index contributed by atoms with van der Waals surface area (Å²) < 4.78 is 8.35. The Morgan fingerprint density at radius 2 is 1.85 bits per heavy atom. The Morgan fingerprint density at radius 3 is 2.48 bits per heavy atom. The molecule has 3 amide bonds. The number of ether oxygens (including phenoxy) is 1. The molecule has 2 aromatic heterocycles. The lowest BCUT2D eigenvalue weighted by Crippen LogP contribution is -2.52. The lowest BCUT2D eigenvalue weighted by Gasteiger charge is -2.35. The average Bonchev–Trinajstić information content (AvgIpc) is 3.43. The molecule has 1 aliphatic heterocycles. The van der Waals surface area contributed by atoms with E-state index in [1.807, 2.05) is 13.1 Å². The minimum Gasteiger partial charge on any atom is -0.450 e. The van der Waals surface area contributed by atoms with Gasteiger partial charge in [-0.3, -0.25) is 19.0 Å². The first kappa shape index (κ1) is 24.0. The van der Waals surface area contributed by atoms with Crippen molar-refractivity contribution in [1.29, 1.82) is 0 Å². The third-order valence-corrected chi connectivity index (χ3v) is 5.45. The van der Waals surface area contributed by atoms with Crippen LogP contribution < -0.4 is 5.32 Å². The van der Waals surface area contributed by atoms with Gasteiger partial charge in [-0.2, -0.15) is 10.2 Å². The lowest BCUT2D eigenvalue weighted by atomic mass is 10.2. The number of aryl methyl sites for hydroxylation is 2. The van der Waals surface area contributed by atoms with Crippen molar-refractivity contribution >= 4 is 29.7 Å². The first-order valence-electron chi connectivity index (χ1n) is 11.1. The summed E-state index contributed by atoms with van der Waals surface area (Å²) in [5.74, 6) is -0.386. The summed E-state index contributed by atoms with van der Waals surface area (Å²) in [5, 5.41) is 11.4. The third kappa shape index (κ3) is 5.99. The fourth-order valence-electron chi connectivity index (χ4n) is 3.49. The van der Waals surface area contributed by atoms with Crippen LogP contribution in [-0.4, -0.2) is 80.1 Å². The summed E-state index contributed by atoms with van der Waals surface area (Å²) in [7, 11) is 0. The van der Waals surface area contributed by atoms with Crippen LogP contribution in [-0.2, 0) is 20.9 Å². The van der Waals surface area contributed by atoms with Crippen LogP contribution in [0.25, 0.3) is 6.08 Å². The van der Waals surface area contributed by atoms with Gasteiger partial charge in [-0.25, -0.2) is 4.79 Å². The number of hydrogen-bond donors (Lipinski definition) is 1. The van der Waals surface area contributed by atoms with Crippen molar-refractivity contribution in [2.24, 2.45) is 0 Å². The maximum atomic E-state index is 13.0. The molecule has 1 saturated heterocycles. The topological polar surface area (TPSA) is 115 Å². The summed E-state index contributed by atoms with van der Waals surface area (Å²) in [5.41, 5.74) is 1.99. The molecule has 0 bridgehead atoms. The first-order chi connectivity index (χ1) is 15.8. The third-order valence-electron chi connectivity index (χ3n) is 5.45. The van der Waals surface area contributed by atoms with Gasteiger partial charge in [-0.15, -0.1) is 0 Å². The lowest BCUT2D eigenvalue weighted by molar-refractivity contribution is -0.136. The molecule has 11 nitrogen and oxygen atoms in total. The van der Waals surface area contributed by atoms with Gasteiger partial charge in [0.2, 0.25) is 11.8 Å². The molecule has 3 heterocycles. The first-order valence-corrected chi connectivity index (χ1v) is 11.1. The molecule has 33 heavy (non-hydrogen) atoms. The molecular weight excluding hydrogens is 426 g/mol. The van der Waals surface area contributed by atoms with E-state index in [4.69, 9.17) is 4.74 Å². The smallest absolute Gasteiger partial charge is 0.409 e. The molecule has 1 aliphatic rings. The monoisotopic (exact) mass is 457 g/mol. The van der Waals surface area contributed by atoms with E-state index in [9.17, 15) is 14.4 Å². The number of anilines is 1. The van der Waals surface area contributed by atoms with Crippen LogP contribution in [0.4, 0.5) is 10.5 Å². The molecule has 11 heteroatoms. The molecule has 0 saturated carbocycles. The minimum absolute atomic E-state index is 0.0910. The van der Waals surface area contributed by atoms with Gasteiger partial charge in [0.1, 0.15) is 6.04 Å². The molecule has 0 aliphatic carbocycles. The second kappa shape index (κ2) is 10.8. The van der Waals surface area contributed by atoms with Gasteiger partial charge in [0.25, 0.3) is 0 Å². The van der Waals surface area contributed by atoms with Crippen LogP contribution >= 0.6 is 0 Å². The van der Waals surface area contributed by atoms with Crippen molar-refractivity contribution in [2.75, 3.05) is 38.1 Å². The molecule has 0 aromatic carbocycles. The fourth-order valence-corrected chi connectivity index (χ4v) is 3.49. The Balaban J connectivity index is 1.57. The predicted octanol–water partition coefficient (Wildman–Crippen LogP) is 1.92. The Labute approximate surface area is 193 Å². The zero-order valence-electron chi connectivity index (χ0n) is 19.5. The molecule has 0 radical (unpaired) electrons. The van der Waals surface area contributed by atoms with Crippen LogP contribution in [0, 0.1) is 6.92 Å². The molecule has 1 fully saturated rings. The summed E-state index contributed by atoms with van der Waals surface area (Å²) in [6, 6.07) is -0.543. The van der Waals surface area contributed by atoms with Crippen molar-refractivity contribution < 1.29 is 19.1 Å².